The Morgan fingerprint density at radius 2 is 2.13 bits per heavy atom. The number of amidine groups is 1. The van der Waals surface area contributed by atoms with Crippen LogP contribution in [0.4, 0.5) is 0 Å². The second-order valence-corrected chi connectivity index (χ2v) is 6.69. The summed E-state index contributed by atoms with van der Waals surface area (Å²) in [5, 5.41) is 12.2. The molecule has 2 heterocycles. The normalized spacial score (nSPS) is 27.3. The first-order chi connectivity index (χ1) is 10.8. The van der Waals surface area contributed by atoms with E-state index in [1.165, 1.54) is 0 Å². The van der Waals surface area contributed by atoms with Gasteiger partial charge in [0.15, 0.2) is 5.84 Å². The molecule has 0 radical (unpaired) electrons. The third-order valence-corrected chi connectivity index (χ3v) is 4.94. The number of aliphatic carboxylic acids is 1. The first-order valence-electron chi connectivity index (χ1n) is 7.98. The highest BCUT2D eigenvalue weighted by Crippen LogP contribution is 2.34. The number of nitrogens with one attached hydrogen (secondary N) is 1. The van der Waals surface area contributed by atoms with Crippen LogP contribution in [0.25, 0.3) is 0 Å². The molecule has 0 aromatic carbocycles. The number of fused-ring (bicyclic) bond motifs is 1. The van der Waals surface area contributed by atoms with E-state index in [1.54, 1.807) is 0 Å². The summed E-state index contributed by atoms with van der Waals surface area (Å²) < 4.78 is 0. The Kier molecular flexibility index (Phi) is 3.70. The highest BCUT2D eigenvalue weighted by molar-refractivity contribution is 6.46. The molecule has 1 unspecified atom stereocenters. The van der Waals surface area contributed by atoms with Gasteiger partial charge in [-0.2, -0.15) is 0 Å². The summed E-state index contributed by atoms with van der Waals surface area (Å²) in [4.78, 5) is 32.8. The van der Waals surface area contributed by atoms with Gasteiger partial charge in [-0.15, -0.1) is 0 Å². The van der Waals surface area contributed by atoms with Gasteiger partial charge in [-0.05, 0) is 37.7 Å². The van der Waals surface area contributed by atoms with Crippen molar-refractivity contribution in [3.05, 3.63) is 22.9 Å². The van der Waals surface area contributed by atoms with Crippen LogP contribution in [0.15, 0.2) is 32.9 Å². The maximum absolute atomic E-state index is 12.2. The van der Waals surface area contributed by atoms with Crippen LogP contribution in [0.2, 0.25) is 0 Å². The smallest absolute Gasteiger partial charge is 0.333 e. The van der Waals surface area contributed by atoms with Crippen LogP contribution in [0, 0.1) is 5.92 Å². The molecule has 0 spiro atoms. The fourth-order valence-corrected chi connectivity index (χ4v) is 3.06. The molecule has 2 N–H and O–H groups in total. The SMILES string of the molecule is CC(C)C1(C)N=C(C2=NC3=C(C(=O)O)CCCC3=CC2)NC1=O. The monoisotopic (exact) mass is 315 g/mol. The lowest BCUT2D eigenvalue weighted by Crippen LogP contribution is -2.42. The molecule has 6 heteroatoms. The van der Waals surface area contributed by atoms with Gasteiger partial charge in [-0.1, -0.05) is 19.9 Å². The summed E-state index contributed by atoms with van der Waals surface area (Å²) in [6.45, 7) is 5.73. The third-order valence-electron chi connectivity index (χ3n) is 4.94. The Morgan fingerprint density at radius 3 is 2.74 bits per heavy atom. The van der Waals surface area contributed by atoms with Crippen LogP contribution < -0.4 is 5.32 Å². The van der Waals surface area contributed by atoms with E-state index in [4.69, 9.17) is 0 Å². The molecule has 1 aliphatic carbocycles. The number of dihydropyridines is 1. The average molecular weight is 315 g/mol. The van der Waals surface area contributed by atoms with Gasteiger partial charge in [-0.25, -0.2) is 14.8 Å². The van der Waals surface area contributed by atoms with Crippen LogP contribution in [0.1, 0.15) is 46.5 Å². The van der Waals surface area contributed by atoms with E-state index in [1.807, 2.05) is 26.8 Å². The van der Waals surface area contributed by atoms with Gasteiger partial charge in [0.05, 0.1) is 17.0 Å². The van der Waals surface area contributed by atoms with Gasteiger partial charge >= 0.3 is 5.97 Å². The number of carbonyl (C=O) groups excluding carboxylic acids is 1. The highest BCUT2D eigenvalue weighted by Gasteiger charge is 2.43. The third kappa shape index (κ3) is 2.52. The van der Waals surface area contributed by atoms with E-state index in [0.29, 0.717) is 35.7 Å². The van der Waals surface area contributed by atoms with Gasteiger partial charge < -0.3 is 10.4 Å². The van der Waals surface area contributed by atoms with Crippen molar-refractivity contribution in [2.45, 2.75) is 52.0 Å². The van der Waals surface area contributed by atoms with Crippen molar-refractivity contribution in [1.82, 2.24) is 5.32 Å². The Labute approximate surface area is 135 Å². The predicted octanol–water partition coefficient (Wildman–Crippen LogP) is 2.22. The van der Waals surface area contributed by atoms with Crippen molar-refractivity contribution < 1.29 is 14.7 Å². The van der Waals surface area contributed by atoms with Crippen molar-refractivity contribution in [2.75, 3.05) is 0 Å². The molecule has 1 amide bonds. The molecule has 1 atom stereocenters. The number of aliphatic imine (C=N–C) groups is 2. The predicted molar refractivity (Wildman–Crippen MR) is 87.5 cm³/mol. The minimum Gasteiger partial charge on any atom is -0.478 e. The van der Waals surface area contributed by atoms with Crippen LogP contribution in [0.3, 0.4) is 0 Å². The number of hydrogen-bond acceptors (Lipinski definition) is 4. The van der Waals surface area contributed by atoms with E-state index in [0.717, 1.165) is 18.4 Å². The van der Waals surface area contributed by atoms with E-state index >= 15 is 0 Å². The van der Waals surface area contributed by atoms with Crippen LogP contribution in [-0.2, 0) is 9.59 Å². The van der Waals surface area contributed by atoms with E-state index in [-0.39, 0.29) is 11.8 Å². The fourth-order valence-electron chi connectivity index (χ4n) is 3.06. The standard InChI is InChI=1S/C17H21N3O3/c1-9(2)17(3)16(23)19-14(20-17)12-8-7-10-5-4-6-11(15(21)22)13(10)18-12/h7,9H,4-6,8H2,1-3H3,(H,21,22)(H,19,20,23). The quantitative estimate of drug-likeness (QED) is 0.836. The summed E-state index contributed by atoms with van der Waals surface area (Å²) in [6.07, 6.45) is 4.80. The van der Waals surface area contributed by atoms with Crippen molar-refractivity contribution in [3.63, 3.8) is 0 Å². The molecule has 2 aliphatic heterocycles. The van der Waals surface area contributed by atoms with Crippen molar-refractivity contribution in [2.24, 2.45) is 15.9 Å². The molecule has 0 aromatic heterocycles. The molecule has 122 valence electrons. The number of rotatable bonds is 3. The molecule has 0 saturated heterocycles. The lowest BCUT2D eigenvalue weighted by molar-refractivity contribution is -0.133. The number of carboxylic acids is 1. The zero-order valence-electron chi connectivity index (χ0n) is 13.6. The van der Waals surface area contributed by atoms with E-state index < -0.39 is 11.5 Å². The van der Waals surface area contributed by atoms with Gasteiger partial charge in [0.1, 0.15) is 5.54 Å². The first-order valence-corrected chi connectivity index (χ1v) is 7.98. The summed E-state index contributed by atoms with van der Waals surface area (Å²) in [7, 11) is 0. The summed E-state index contributed by atoms with van der Waals surface area (Å²) in [5.41, 5.74) is 1.76. The second-order valence-electron chi connectivity index (χ2n) is 6.69. The molecule has 6 nitrogen and oxygen atoms in total. The van der Waals surface area contributed by atoms with Gasteiger partial charge in [0, 0.05) is 6.42 Å². The first kappa shape index (κ1) is 15.6. The molecule has 0 fully saturated rings. The average Bonchev–Trinajstić information content (AvgIpc) is 2.83. The summed E-state index contributed by atoms with van der Waals surface area (Å²) in [6, 6.07) is 0. The number of nitrogens with zero attached hydrogens (tertiary/aromatic N) is 2. The molecule has 0 saturated carbocycles. The van der Waals surface area contributed by atoms with Crippen molar-refractivity contribution in [3.8, 4) is 0 Å². The summed E-state index contributed by atoms with van der Waals surface area (Å²) >= 11 is 0. The molecule has 23 heavy (non-hydrogen) atoms. The maximum Gasteiger partial charge on any atom is 0.333 e. The number of allylic oxidation sites excluding steroid dienone is 2. The maximum atomic E-state index is 12.2. The number of carbonyl (C=O) groups is 2. The number of carboxylic acid groups (broad SMARTS) is 1. The lowest BCUT2D eigenvalue weighted by Gasteiger charge is -2.22. The van der Waals surface area contributed by atoms with Crippen LogP contribution in [-0.4, -0.2) is 34.1 Å². The molecule has 0 aromatic rings. The Hall–Kier alpha value is -2.24. The molecule has 0 bridgehead atoms. The van der Waals surface area contributed by atoms with Crippen LogP contribution in [0.5, 0.6) is 0 Å². The molecular formula is C17H21N3O3. The van der Waals surface area contributed by atoms with E-state index in [2.05, 4.69) is 15.3 Å². The van der Waals surface area contributed by atoms with Crippen LogP contribution >= 0.6 is 0 Å². The number of amides is 1. The van der Waals surface area contributed by atoms with Gasteiger partial charge in [-0.3, -0.25) is 4.79 Å². The minimum atomic E-state index is -0.917. The zero-order valence-corrected chi connectivity index (χ0v) is 13.6. The van der Waals surface area contributed by atoms with Gasteiger partial charge in [0.2, 0.25) is 0 Å². The Morgan fingerprint density at radius 1 is 1.39 bits per heavy atom. The van der Waals surface area contributed by atoms with E-state index in [9.17, 15) is 14.7 Å². The lowest BCUT2D eigenvalue weighted by atomic mass is 9.89. The molecule has 3 rings (SSSR count). The zero-order chi connectivity index (χ0) is 16.8. The fraction of sp³-hybridized carbons (Fsp3) is 0.529. The Bertz CT molecular complexity index is 713. The number of hydrogen-bond donors (Lipinski definition) is 2. The van der Waals surface area contributed by atoms with Gasteiger partial charge in [0.25, 0.3) is 5.91 Å². The Balaban J connectivity index is 2.00. The van der Waals surface area contributed by atoms with Crippen molar-refractivity contribution >= 4 is 23.4 Å². The second kappa shape index (κ2) is 5.44. The largest absolute Gasteiger partial charge is 0.478 e. The topological polar surface area (TPSA) is 91.1 Å². The summed E-state index contributed by atoms with van der Waals surface area (Å²) in [5.74, 6) is -0.501. The molecular weight excluding hydrogens is 294 g/mol. The minimum absolute atomic E-state index is 0.0683. The van der Waals surface area contributed by atoms with Crippen molar-refractivity contribution in [1.29, 1.82) is 0 Å². The highest BCUT2D eigenvalue weighted by atomic mass is 16.4. The molecule has 3 aliphatic rings.